The minimum absolute atomic E-state index is 0.580. The van der Waals surface area contributed by atoms with Crippen LogP contribution in [0.1, 0.15) is 50.2 Å². The van der Waals surface area contributed by atoms with Crippen LogP contribution in [0.25, 0.3) is 0 Å². The minimum atomic E-state index is 0.580. The van der Waals surface area contributed by atoms with Crippen LogP contribution >= 0.6 is 0 Å². The van der Waals surface area contributed by atoms with E-state index in [2.05, 4.69) is 25.2 Å². The van der Waals surface area contributed by atoms with Crippen LogP contribution in [-0.4, -0.2) is 6.04 Å². The summed E-state index contributed by atoms with van der Waals surface area (Å²) in [6.07, 6.45) is 6.54. The average Bonchev–Trinajstić information content (AvgIpc) is 2.42. The molecule has 1 aromatic carbocycles. The predicted octanol–water partition coefficient (Wildman–Crippen LogP) is 4.25. The number of anilines is 1. The van der Waals surface area contributed by atoms with Gasteiger partial charge in [0.25, 0.3) is 0 Å². The fourth-order valence-corrected chi connectivity index (χ4v) is 2.93. The van der Waals surface area contributed by atoms with Crippen molar-refractivity contribution in [1.29, 1.82) is 5.26 Å². The molecule has 18 heavy (non-hydrogen) atoms. The van der Waals surface area contributed by atoms with Crippen molar-refractivity contribution in [2.24, 2.45) is 5.92 Å². The van der Waals surface area contributed by atoms with Crippen LogP contribution in [0.5, 0.6) is 0 Å². The van der Waals surface area contributed by atoms with Gasteiger partial charge in [0.1, 0.15) is 0 Å². The molecular weight excluding hydrogens is 220 g/mol. The van der Waals surface area contributed by atoms with Gasteiger partial charge in [-0.3, -0.25) is 0 Å². The first kappa shape index (κ1) is 13.0. The Kier molecular flexibility index (Phi) is 4.25. The molecule has 1 aliphatic rings. The van der Waals surface area contributed by atoms with Crippen molar-refractivity contribution in [3.05, 3.63) is 29.3 Å². The summed E-state index contributed by atoms with van der Waals surface area (Å²) < 4.78 is 0. The van der Waals surface area contributed by atoms with Crippen LogP contribution in [0.4, 0.5) is 5.69 Å². The van der Waals surface area contributed by atoms with E-state index >= 15 is 0 Å². The summed E-state index contributed by atoms with van der Waals surface area (Å²) in [4.78, 5) is 0. The van der Waals surface area contributed by atoms with Crippen LogP contribution < -0.4 is 5.32 Å². The Morgan fingerprint density at radius 1 is 1.33 bits per heavy atom. The Balaban J connectivity index is 2.14. The molecule has 0 aromatic heterocycles. The van der Waals surface area contributed by atoms with E-state index in [1.165, 1.54) is 37.7 Å². The van der Waals surface area contributed by atoms with E-state index in [0.717, 1.165) is 17.2 Å². The maximum absolute atomic E-state index is 8.98. The topological polar surface area (TPSA) is 35.8 Å². The van der Waals surface area contributed by atoms with Crippen molar-refractivity contribution in [3.63, 3.8) is 0 Å². The molecule has 2 heteroatoms. The summed E-state index contributed by atoms with van der Waals surface area (Å²) >= 11 is 0. The van der Waals surface area contributed by atoms with E-state index in [-0.39, 0.29) is 0 Å². The van der Waals surface area contributed by atoms with Gasteiger partial charge in [-0.05, 0) is 43.4 Å². The summed E-state index contributed by atoms with van der Waals surface area (Å²) in [6, 6.07) is 8.70. The number of nitrogens with zero attached hydrogens (tertiary/aromatic N) is 1. The molecule has 2 nitrogen and oxygen atoms in total. The molecule has 1 aliphatic carbocycles. The first-order valence-corrected chi connectivity index (χ1v) is 7.02. The fraction of sp³-hybridized carbons (Fsp3) is 0.562. The molecule has 1 fully saturated rings. The normalized spacial score (nSPS) is 23.4. The second-order valence-electron chi connectivity index (χ2n) is 5.35. The quantitative estimate of drug-likeness (QED) is 0.860. The van der Waals surface area contributed by atoms with E-state index in [4.69, 9.17) is 5.26 Å². The number of nitriles is 1. The van der Waals surface area contributed by atoms with Crippen LogP contribution in [0.2, 0.25) is 0 Å². The second kappa shape index (κ2) is 5.91. The Morgan fingerprint density at radius 2 is 2.11 bits per heavy atom. The lowest BCUT2D eigenvalue weighted by Gasteiger charge is -2.32. The highest BCUT2D eigenvalue weighted by Gasteiger charge is 2.23. The van der Waals surface area contributed by atoms with Gasteiger partial charge in [-0.15, -0.1) is 0 Å². The summed E-state index contributed by atoms with van der Waals surface area (Å²) in [5.74, 6) is 0.781. The van der Waals surface area contributed by atoms with Crippen molar-refractivity contribution < 1.29 is 0 Å². The van der Waals surface area contributed by atoms with Crippen molar-refractivity contribution >= 4 is 5.69 Å². The minimum Gasteiger partial charge on any atom is -0.382 e. The monoisotopic (exact) mass is 242 g/mol. The summed E-state index contributed by atoms with van der Waals surface area (Å²) in [5, 5.41) is 12.7. The average molecular weight is 242 g/mol. The molecule has 2 atom stereocenters. The predicted molar refractivity (Wildman–Crippen MR) is 75.6 cm³/mol. The highest BCUT2D eigenvalue weighted by Crippen LogP contribution is 2.30. The van der Waals surface area contributed by atoms with E-state index in [9.17, 15) is 0 Å². The van der Waals surface area contributed by atoms with Gasteiger partial charge < -0.3 is 5.32 Å². The highest BCUT2D eigenvalue weighted by atomic mass is 14.9. The number of benzene rings is 1. The Hall–Kier alpha value is -1.49. The van der Waals surface area contributed by atoms with Gasteiger partial charge in [-0.2, -0.15) is 5.26 Å². The van der Waals surface area contributed by atoms with Crippen molar-refractivity contribution in [3.8, 4) is 6.07 Å². The molecule has 0 heterocycles. The first-order chi connectivity index (χ1) is 8.74. The highest BCUT2D eigenvalue weighted by molar-refractivity contribution is 5.55. The first-order valence-electron chi connectivity index (χ1n) is 7.02. The number of rotatable bonds is 3. The summed E-state index contributed by atoms with van der Waals surface area (Å²) in [5.41, 5.74) is 3.11. The third-order valence-electron chi connectivity index (χ3n) is 4.14. The van der Waals surface area contributed by atoms with Gasteiger partial charge in [0.15, 0.2) is 0 Å². The van der Waals surface area contributed by atoms with Gasteiger partial charge in [0.05, 0.1) is 11.6 Å². The van der Waals surface area contributed by atoms with Gasteiger partial charge in [-0.1, -0.05) is 32.3 Å². The zero-order chi connectivity index (χ0) is 13.0. The molecule has 0 spiro atoms. The molecule has 0 radical (unpaired) electrons. The number of hydrogen-bond acceptors (Lipinski definition) is 2. The lowest BCUT2D eigenvalue weighted by molar-refractivity contribution is 0.317. The van der Waals surface area contributed by atoms with Gasteiger partial charge in [0, 0.05) is 11.7 Å². The molecule has 0 amide bonds. The number of aryl methyl sites for hydroxylation is 1. The Labute approximate surface area is 110 Å². The molecule has 1 aromatic rings. The molecule has 2 unspecified atom stereocenters. The lowest BCUT2D eigenvalue weighted by Crippen LogP contribution is -2.32. The van der Waals surface area contributed by atoms with E-state index in [0.29, 0.717) is 6.04 Å². The molecule has 0 bridgehead atoms. The smallest absolute Gasteiger partial charge is 0.0992 e. The van der Waals surface area contributed by atoms with Crippen molar-refractivity contribution in [2.75, 3.05) is 5.32 Å². The van der Waals surface area contributed by atoms with Crippen LogP contribution in [0.15, 0.2) is 18.2 Å². The SMILES string of the molecule is CCC1CCCCC1Nc1cc(C#N)ccc1C. The van der Waals surface area contributed by atoms with E-state index in [1.54, 1.807) is 0 Å². The van der Waals surface area contributed by atoms with E-state index in [1.807, 2.05) is 18.2 Å². The zero-order valence-electron chi connectivity index (χ0n) is 11.4. The molecule has 0 aliphatic heterocycles. The van der Waals surface area contributed by atoms with Crippen molar-refractivity contribution in [2.45, 2.75) is 52.0 Å². The standard InChI is InChI=1S/C16H22N2/c1-3-14-6-4-5-7-15(14)18-16-10-13(11-17)9-8-12(16)2/h8-10,14-15,18H,3-7H2,1-2H3. The Morgan fingerprint density at radius 3 is 2.83 bits per heavy atom. The third-order valence-corrected chi connectivity index (χ3v) is 4.14. The van der Waals surface area contributed by atoms with Crippen LogP contribution in [0.3, 0.4) is 0 Å². The second-order valence-corrected chi connectivity index (χ2v) is 5.35. The number of hydrogen-bond donors (Lipinski definition) is 1. The molecule has 1 N–H and O–H groups in total. The van der Waals surface area contributed by atoms with Crippen LogP contribution in [0, 0.1) is 24.2 Å². The molecular formula is C16H22N2. The maximum atomic E-state index is 8.98. The van der Waals surface area contributed by atoms with Crippen LogP contribution in [-0.2, 0) is 0 Å². The van der Waals surface area contributed by atoms with Gasteiger partial charge >= 0.3 is 0 Å². The maximum Gasteiger partial charge on any atom is 0.0992 e. The van der Waals surface area contributed by atoms with E-state index < -0.39 is 0 Å². The molecule has 0 saturated heterocycles. The largest absolute Gasteiger partial charge is 0.382 e. The summed E-state index contributed by atoms with van der Waals surface area (Å²) in [7, 11) is 0. The van der Waals surface area contributed by atoms with Gasteiger partial charge in [0.2, 0.25) is 0 Å². The third kappa shape index (κ3) is 2.85. The van der Waals surface area contributed by atoms with Crippen molar-refractivity contribution in [1.82, 2.24) is 0 Å². The molecule has 96 valence electrons. The number of nitrogens with one attached hydrogen (secondary N) is 1. The Bertz CT molecular complexity index is 445. The molecule has 2 rings (SSSR count). The van der Waals surface area contributed by atoms with Gasteiger partial charge in [-0.25, -0.2) is 0 Å². The fourth-order valence-electron chi connectivity index (χ4n) is 2.93. The lowest BCUT2D eigenvalue weighted by atomic mass is 9.82. The molecule has 1 saturated carbocycles. The zero-order valence-corrected chi connectivity index (χ0v) is 11.4. The summed E-state index contributed by atoms with van der Waals surface area (Å²) in [6.45, 7) is 4.39.